The van der Waals surface area contributed by atoms with Gasteiger partial charge in [0.25, 0.3) is 0 Å². The van der Waals surface area contributed by atoms with Crippen molar-refractivity contribution in [3.05, 3.63) is 46.5 Å². The van der Waals surface area contributed by atoms with E-state index >= 15 is 0 Å². The van der Waals surface area contributed by atoms with Gasteiger partial charge in [-0.1, -0.05) is 18.5 Å². The maximum Gasteiger partial charge on any atom is 0.123 e. The zero-order valence-electron chi connectivity index (χ0n) is 12.0. The lowest BCUT2D eigenvalue weighted by Gasteiger charge is -2.11. The number of aliphatic hydroxyl groups is 1. The maximum absolute atomic E-state index is 12.8. The fraction of sp³-hybridized carbons (Fsp3) is 0.400. The highest BCUT2D eigenvalue weighted by Crippen LogP contribution is 2.24. The molecule has 0 aliphatic carbocycles. The molecule has 3 nitrogen and oxygen atoms in total. The van der Waals surface area contributed by atoms with Crippen LogP contribution in [-0.2, 0) is 19.9 Å². The molecule has 1 aromatic heterocycles. The third-order valence-corrected chi connectivity index (χ3v) is 4.78. The van der Waals surface area contributed by atoms with Crippen molar-refractivity contribution < 1.29 is 9.50 Å². The summed E-state index contributed by atoms with van der Waals surface area (Å²) in [5.74, 6) is 0.267. The molecule has 1 heterocycles. The van der Waals surface area contributed by atoms with Gasteiger partial charge in [0.05, 0.1) is 22.5 Å². The van der Waals surface area contributed by atoms with Gasteiger partial charge in [-0.25, -0.2) is 4.39 Å². The van der Waals surface area contributed by atoms with Crippen molar-refractivity contribution in [3.63, 3.8) is 0 Å². The van der Waals surface area contributed by atoms with Crippen molar-refractivity contribution in [1.82, 2.24) is 9.78 Å². The molecular weight excluding hydrogens is 311 g/mol. The Balaban J connectivity index is 1.94. The van der Waals surface area contributed by atoms with Crippen LogP contribution in [0.4, 0.5) is 4.39 Å². The highest BCUT2D eigenvalue weighted by molar-refractivity contribution is 7.99. The first-order valence-electron chi connectivity index (χ1n) is 6.78. The van der Waals surface area contributed by atoms with Gasteiger partial charge < -0.3 is 5.11 Å². The molecular formula is C15H18ClFN2OS. The van der Waals surface area contributed by atoms with Crippen LogP contribution in [0.25, 0.3) is 0 Å². The third-order valence-electron chi connectivity index (χ3n) is 3.19. The Morgan fingerprint density at radius 1 is 1.38 bits per heavy atom. The Morgan fingerprint density at radius 2 is 2.05 bits per heavy atom. The molecule has 21 heavy (non-hydrogen) atoms. The first-order chi connectivity index (χ1) is 10.0. The number of aryl methyl sites for hydroxylation is 2. The van der Waals surface area contributed by atoms with E-state index in [1.165, 1.54) is 23.9 Å². The van der Waals surface area contributed by atoms with Crippen LogP contribution < -0.4 is 0 Å². The van der Waals surface area contributed by atoms with Crippen molar-refractivity contribution in [3.8, 4) is 0 Å². The Labute approximate surface area is 133 Å². The van der Waals surface area contributed by atoms with Crippen LogP contribution in [-0.4, -0.2) is 26.7 Å². The second-order valence-corrected chi connectivity index (χ2v) is 6.28. The molecule has 1 N–H and O–H groups in total. The lowest BCUT2D eigenvalue weighted by Crippen LogP contribution is -2.16. The summed E-state index contributed by atoms with van der Waals surface area (Å²) in [6.07, 6.45) is 0.696. The van der Waals surface area contributed by atoms with Gasteiger partial charge in [-0.05, 0) is 30.7 Å². The number of halogens is 2. The van der Waals surface area contributed by atoms with Crippen LogP contribution in [0.5, 0.6) is 0 Å². The Bertz CT molecular complexity index is 600. The van der Waals surface area contributed by atoms with Crippen molar-refractivity contribution in [2.24, 2.45) is 7.05 Å². The topological polar surface area (TPSA) is 38.0 Å². The van der Waals surface area contributed by atoms with E-state index in [2.05, 4.69) is 5.10 Å². The number of hydrogen-bond acceptors (Lipinski definition) is 3. The summed E-state index contributed by atoms with van der Waals surface area (Å²) in [4.78, 5) is 0.931. The van der Waals surface area contributed by atoms with Gasteiger partial charge in [0, 0.05) is 24.1 Å². The molecule has 6 heteroatoms. The monoisotopic (exact) mass is 328 g/mol. The van der Waals surface area contributed by atoms with E-state index in [9.17, 15) is 9.50 Å². The van der Waals surface area contributed by atoms with Gasteiger partial charge in [-0.15, -0.1) is 11.8 Å². The predicted octanol–water partition coefficient (Wildman–Crippen LogP) is 3.47. The normalized spacial score (nSPS) is 12.6. The number of benzene rings is 1. The average molecular weight is 329 g/mol. The minimum Gasteiger partial charge on any atom is -0.392 e. The van der Waals surface area contributed by atoms with E-state index < -0.39 is 6.10 Å². The Hall–Kier alpha value is -1.04. The number of thioether (sulfide) groups is 1. The van der Waals surface area contributed by atoms with Crippen LogP contribution >= 0.6 is 23.4 Å². The maximum atomic E-state index is 12.8. The average Bonchev–Trinajstić information content (AvgIpc) is 2.74. The van der Waals surface area contributed by atoms with Crippen LogP contribution in [0.1, 0.15) is 18.3 Å². The summed E-state index contributed by atoms with van der Waals surface area (Å²) < 4.78 is 14.5. The third kappa shape index (κ3) is 4.22. The smallest absolute Gasteiger partial charge is 0.123 e. The molecule has 114 valence electrons. The van der Waals surface area contributed by atoms with E-state index in [0.29, 0.717) is 17.2 Å². The summed E-state index contributed by atoms with van der Waals surface area (Å²) in [7, 11) is 1.83. The molecule has 0 spiro atoms. The molecule has 0 saturated carbocycles. The molecule has 1 atom stereocenters. The summed E-state index contributed by atoms with van der Waals surface area (Å²) in [6, 6.07) is 6.25. The predicted molar refractivity (Wildman–Crippen MR) is 84.4 cm³/mol. The quantitative estimate of drug-likeness (QED) is 0.825. The summed E-state index contributed by atoms with van der Waals surface area (Å²) in [5, 5.41) is 15.1. The van der Waals surface area contributed by atoms with Gasteiger partial charge in [0.15, 0.2) is 0 Å². The molecule has 0 amide bonds. The highest BCUT2D eigenvalue weighted by atomic mass is 35.5. The van der Waals surface area contributed by atoms with Gasteiger partial charge in [-0.3, -0.25) is 4.68 Å². The number of rotatable bonds is 6. The highest BCUT2D eigenvalue weighted by Gasteiger charge is 2.16. The first kappa shape index (κ1) is 16.3. The molecule has 0 radical (unpaired) electrons. The summed E-state index contributed by atoms with van der Waals surface area (Å²) in [6.45, 7) is 2.00. The fourth-order valence-corrected chi connectivity index (χ4v) is 3.25. The standard InChI is InChI=1S/C15H18ClFN2OS/c1-3-13-15(16)14(19(2)18-13)8-11(20)9-21-12-6-4-10(17)5-7-12/h4-7,11,20H,3,8-9H2,1-2H3. The van der Waals surface area contributed by atoms with Crippen molar-refractivity contribution >= 4 is 23.4 Å². The van der Waals surface area contributed by atoms with E-state index in [0.717, 1.165) is 22.7 Å². The fourth-order valence-electron chi connectivity index (χ4n) is 2.05. The number of nitrogens with zero attached hydrogens (tertiary/aromatic N) is 2. The van der Waals surface area contributed by atoms with Crippen LogP contribution in [0.2, 0.25) is 5.02 Å². The van der Waals surface area contributed by atoms with Gasteiger partial charge in [0.2, 0.25) is 0 Å². The summed E-state index contributed by atoms with van der Waals surface area (Å²) >= 11 is 7.76. The van der Waals surface area contributed by atoms with Crippen molar-refractivity contribution in [2.45, 2.75) is 30.8 Å². The molecule has 2 aromatic rings. The number of aromatic nitrogens is 2. The van der Waals surface area contributed by atoms with Gasteiger partial charge in [-0.2, -0.15) is 5.10 Å². The molecule has 0 bridgehead atoms. The lowest BCUT2D eigenvalue weighted by molar-refractivity contribution is 0.197. The number of aliphatic hydroxyl groups excluding tert-OH is 1. The number of hydrogen-bond donors (Lipinski definition) is 1. The van der Waals surface area contributed by atoms with Crippen LogP contribution in [0.3, 0.4) is 0 Å². The second kappa shape index (κ2) is 7.29. The van der Waals surface area contributed by atoms with E-state index in [-0.39, 0.29) is 5.82 Å². The Morgan fingerprint density at radius 3 is 2.62 bits per heavy atom. The molecule has 1 unspecified atom stereocenters. The Kier molecular flexibility index (Phi) is 5.67. The summed E-state index contributed by atoms with van der Waals surface area (Å²) in [5.41, 5.74) is 1.70. The van der Waals surface area contributed by atoms with Crippen molar-refractivity contribution in [1.29, 1.82) is 0 Å². The lowest BCUT2D eigenvalue weighted by atomic mass is 10.2. The second-order valence-electron chi connectivity index (χ2n) is 4.81. The molecule has 2 rings (SSSR count). The van der Waals surface area contributed by atoms with Gasteiger partial charge in [0.1, 0.15) is 5.82 Å². The molecule has 0 saturated heterocycles. The van der Waals surface area contributed by atoms with E-state index in [1.807, 2.05) is 14.0 Å². The SMILES string of the molecule is CCc1nn(C)c(CC(O)CSc2ccc(F)cc2)c1Cl. The molecule has 0 aliphatic heterocycles. The minimum atomic E-state index is -0.530. The van der Waals surface area contributed by atoms with Crippen LogP contribution in [0, 0.1) is 5.82 Å². The van der Waals surface area contributed by atoms with Crippen LogP contribution in [0.15, 0.2) is 29.2 Å². The van der Waals surface area contributed by atoms with Gasteiger partial charge >= 0.3 is 0 Å². The van der Waals surface area contributed by atoms with Crippen molar-refractivity contribution in [2.75, 3.05) is 5.75 Å². The largest absolute Gasteiger partial charge is 0.392 e. The first-order valence-corrected chi connectivity index (χ1v) is 8.14. The van der Waals surface area contributed by atoms with E-state index in [4.69, 9.17) is 11.6 Å². The molecule has 0 fully saturated rings. The molecule has 1 aromatic carbocycles. The van der Waals surface area contributed by atoms with E-state index in [1.54, 1.807) is 16.8 Å². The minimum absolute atomic E-state index is 0.256. The molecule has 0 aliphatic rings. The zero-order chi connectivity index (χ0) is 15.4. The zero-order valence-corrected chi connectivity index (χ0v) is 13.6.